The summed E-state index contributed by atoms with van der Waals surface area (Å²) in [6.45, 7) is 4.83. The fraction of sp³-hybridized carbons (Fsp3) is 0.350. The van der Waals surface area contributed by atoms with E-state index in [0.717, 1.165) is 24.1 Å². The van der Waals surface area contributed by atoms with Crippen LogP contribution in [0.25, 0.3) is 0 Å². The normalized spacial score (nSPS) is 14.0. The van der Waals surface area contributed by atoms with Crippen LogP contribution in [0.4, 0.5) is 10.1 Å². The highest BCUT2D eigenvalue weighted by Crippen LogP contribution is 2.28. The fourth-order valence-electron chi connectivity index (χ4n) is 2.80. The summed E-state index contributed by atoms with van der Waals surface area (Å²) >= 11 is 0. The first-order chi connectivity index (χ1) is 11.5. The van der Waals surface area contributed by atoms with Crippen LogP contribution in [0.5, 0.6) is 0 Å². The van der Waals surface area contributed by atoms with E-state index in [2.05, 4.69) is 10.2 Å². The first-order valence-electron chi connectivity index (χ1n) is 8.37. The molecule has 3 rings (SSSR count). The lowest BCUT2D eigenvalue weighted by Crippen LogP contribution is -2.34. The van der Waals surface area contributed by atoms with E-state index in [1.54, 1.807) is 12.1 Å². The standard InChI is InChI=1S/C20H23FN2O/c1-14-7-8-17(11-15(14)2)22-20(24)13-23(18-9-10-18)12-16-5-3-4-6-19(16)21/h3-8,11,18H,9-10,12-13H2,1-2H3,(H,22,24). The van der Waals surface area contributed by atoms with Crippen molar-refractivity contribution in [2.24, 2.45) is 0 Å². The number of aryl methyl sites for hydroxylation is 2. The van der Waals surface area contributed by atoms with Crippen LogP contribution >= 0.6 is 0 Å². The van der Waals surface area contributed by atoms with Gasteiger partial charge in [-0.15, -0.1) is 0 Å². The molecule has 126 valence electrons. The van der Waals surface area contributed by atoms with Crippen molar-refractivity contribution in [2.75, 3.05) is 11.9 Å². The van der Waals surface area contributed by atoms with Crippen molar-refractivity contribution in [1.29, 1.82) is 0 Å². The van der Waals surface area contributed by atoms with Crippen LogP contribution in [0.1, 0.15) is 29.5 Å². The zero-order valence-electron chi connectivity index (χ0n) is 14.2. The molecule has 0 spiro atoms. The van der Waals surface area contributed by atoms with E-state index in [1.807, 2.05) is 38.1 Å². The molecule has 0 heterocycles. The number of carbonyl (C=O) groups is 1. The van der Waals surface area contributed by atoms with E-state index in [0.29, 0.717) is 18.2 Å². The predicted molar refractivity (Wildman–Crippen MR) is 94.4 cm³/mol. The van der Waals surface area contributed by atoms with Gasteiger partial charge in [0.25, 0.3) is 0 Å². The molecular weight excluding hydrogens is 303 g/mol. The van der Waals surface area contributed by atoms with Crippen molar-refractivity contribution in [3.63, 3.8) is 0 Å². The topological polar surface area (TPSA) is 32.3 Å². The molecular formula is C20H23FN2O. The molecule has 3 nitrogen and oxygen atoms in total. The number of benzene rings is 2. The Balaban J connectivity index is 1.64. The van der Waals surface area contributed by atoms with Crippen molar-refractivity contribution in [3.8, 4) is 0 Å². The molecule has 0 saturated heterocycles. The van der Waals surface area contributed by atoms with Gasteiger partial charge in [-0.25, -0.2) is 4.39 Å². The number of anilines is 1. The van der Waals surface area contributed by atoms with E-state index in [-0.39, 0.29) is 18.3 Å². The molecule has 0 aliphatic heterocycles. The summed E-state index contributed by atoms with van der Waals surface area (Å²) in [5, 5.41) is 2.95. The van der Waals surface area contributed by atoms with E-state index < -0.39 is 0 Å². The van der Waals surface area contributed by atoms with E-state index >= 15 is 0 Å². The summed E-state index contributed by atoms with van der Waals surface area (Å²) in [6, 6.07) is 13.1. The molecule has 1 fully saturated rings. The molecule has 0 unspecified atom stereocenters. The Morgan fingerprint density at radius 1 is 1.17 bits per heavy atom. The number of hydrogen-bond donors (Lipinski definition) is 1. The number of halogens is 1. The average molecular weight is 326 g/mol. The van der Waals surface area contributed by atoms with Crippen LogP contribution in [0, 0.1) is 19.7 Å². The van der Waals surface area contributed by atoms with Crippen LogP contribution in [0.2, 0.25) is 0 Å². The Morgan fingerprint density at radius 3 is 2.58 bits per heavy atom. The summed E-state index contributed by atoms with van der Waals surface area (Å²) in [6.07, 6.45) is 2.15. The third-order valence-corrected chi connectivity index (χ3v) is 4.53. The molecule has 0 atom stereocenters. The van der Waals surface area contributed by atoms with E-state index in [1.165, 1.54) is 11.6 Å². The number of rotatable bonds is 6. The third kappa shape index (κ3) is 4.20. The van der Waals surface area contributed by atoms with Crippen molar-refractivity contribution in [1.82, 2.24) is 4.90 Å². The minimum atomic E-state index is -0.210. The highest BCUT2D eigenvalue weighted by Gasteiger charge is 2.30. The number of nitrogens with zero attached hydrogens (tertiary/aromatic N) is 1. The average Bonchev–Trinajstić information content (AvgIpc) is 3.37. The fourth-order valence-corrected chi connectivity index (χ4v) is 2.80. The Bertz CT molecular complexity index is 740. The maximum absolute atomic E-state index is 13.9. The smallest absolute Gasteiger partial charge is 0.238 e. The van der Waals surface area contributed by atoms with Crippen molar-refractivity contribution >= 4 is 11.6 Å². The Labute approximate surface area is 142 Å². The molecule has 1 N–H and O–H groups in total. The number of hydrogen-bond acceptors (Lipinski definition) is 2. The Hall–Kier alpha value is -2.20. The van der Waals surface area contributed by atoms with Gasteiger partial charge in [-0.1, -0.05) is 24.3 Å². The number of carbonyl (C=O) groups excluding carboxylic acids is 1. The van der Waals surface area contributed by atoms with Crippen LogP contribution in [0.3, 0.4) is 0 Å². The lowest BCUT2D eigenvalue weighted by Gasteiger charge is -2.22. The minimum Gasteiger partial charge on any atom is -0.325 e. The lowest BCUT2D eigenvalue weighted by molar-refractivity contribution is -0.117. The predicted octanol–water partition coefficient (Wildman–Crippen LogP) is 4.05. The van der Waals surface area contributed by atoms with Crippen LogP contribution in [0.15, 0.2) is 42.5 Å². The number of nitrogens with one attached hydrogen (secondary N) is 1. The van der Waals surface area contributed by atoms with Gasteiger partial charge in [-0.2, -0.15) is 0 Å². The second kappa shape index (κ2) is 7.14. The maximum Gasteiger partial charge on any atom is 0.238 e. The SMILES string of the molecule is Cc1ccc(NC(=O)CN(Cc2ccccc2F)C2CC2)cc1C. The van der Waals surface area contributed by atoms with Gasteiger partial charge in [-0.05, 0) is 56.0 Å². The molecule has 24 heavy (non-hydrogen) atoms. The first kappa shape index (κ1) is 16.7. The molecule has 0 radical (unpaired) electrons. The molecule has 2 aromatic carbocycles. The second-order valence-electron chi connectivity index (χ2n) is 6.57. The van der Waals surface area contributed by atoms with E-state index in [4.69, 9.17) is 0 Å². The number of amides is 1. The third-order valence-electron chi connectivity index (χ3n) is 4.53. The minimum absolute atomic E-state index is 0.0542. The van der Waals surface area contributed by atoms with Gasteiger partial charge < -0.3 is 5.32 Å². The molecule has 0 bridgehead atoms. The Morgan fingerprint density at radius 2 is 1.92 bits per heavy atom. The summed E-state index contributed by atoms with van der Waals surface area (Å²) < 4.78 is 13.9. The molecule has 1 aliphatic rings. The lowest BCUT2D eigenvalue weighted by atomic mass is 10.1. The van der Waals surface area contributed by atoms with Gasteiger partial charge in [0.2, 0.25) is 5.91 Å². The molecule has 1 saturated carbocycles. The van der Waals surface area contributed by atoms with Gasteiger partial charge in [0.1, 0.15) is 5.82 Å². The maximum atomic E-state index is 13.9. The summed E-state index contributed by atoms with van der Waals surface area (Å²) in [7, 11) is 0. The van der Waals surface area contributed by atoms with Gasteiger partial charge in [0.05, 0.1) is 6.54 Å². The van der Waals surface area contributed by atoms with Gasteiger partial charge in [-0.3, -0.25) is 9.69 Å². The van der Waals surface area contributed by atoms with Crippen molar-refractivity contribution in [3.05, 3.63) is 65.0 Å². The molecule has 1 aliphatic carbocycles. The largest absolute Gasteiger partial charge is 0.325 e. The molecule has 2 aromatic rings. The van der Waals surface area contributed by atoms with Crippen molar-refractivity contribution in [2.45, 2.75) is 39.3 Å². The van der Waals surface area contributed by atoms with Gasteiger partial charge in [0.15, 0.2) is 0 Å². The Kier molecular flexibility index (Phi) is 4.95. The van der Waals surface area contributed by atoms with Crippen LogP contribution in [-0.2, 0) is 11.3 Å². The van der Waals surface area contributed by atoms with Crippen LogP contribution < -0.4 is 5.32 Å². The summed E-state index contributed by atoms with van der Waals surface area (Å²) in [4.78, 5) is 14.4. The van der Waals surface area contributed by atoms with Crippen molar-refractivity contribution < 1.29 is 9.18 Å². The highest BCUT2D eigenvalue weighted by atomic mass is 19.1. The molecule has 0 aromatic heterocycles. The zero-order valence-corrected chi connectivity index (χ0v) is 14.2. The molecule has 1 amide bonds. The van der Waals surface area contributed by atoms with Gasteiger partial charge >= 0.3 is 0 Å². The first-order valence-corrected chi connectivity index (χ1v) is 8.37. The monoisotopic (exact) mass is 326 g/mol. The van der Waals surface area contributed by atoms with E-state index in [9.17, 15) is 9.18 Å². The second-order valence-corrected chi connectivity index (χ2v) is 6.57. The van der Waals surface area contributed by atoms with Crippen LogP contribution in [-0.4, -0.2) is 23.4 Å². The quantitative estimate of drug-likeness (QED) is 0.869. The summed E-state index contributed by atoms with van der Waals surface area (Å²) in [5.41, 5.74) is 3.80. The summed E-state index contributed by atoms with van der Waals surface area (Å²) in [5.74, 6) is -0.265. The molecule has 4 heteroatoms. The zero-order chi connectivity index (χ0) is 17.1. The van der Waals surface area contributed by atoms with Gasteiger partial charge in [0, 0.05) is 23.8 Å². The highest BCUT2D eigenvalue weighted by molar-refractivity contribution is 5.92.